The number of ether oxygens (including phenoxy) is 1. The summed E-state index contributed by atoms with van der Waals surface area (Å²) in [5, 5.41) is 3.69. The van der Waals surface area contributed by atoms with Crippen molar-refractivity contribution in [2.45, 2.75) is 25.7 Å². The van der Waals surface area contributed by atoms with E-state index in [2.05, 4.69) is 11.9 Å². The number of methoxy groups -OCH3 is 1. The predicted octanol–water partition coefficient (Wildman–Crippen LogP) is 1.74. The maximum absolute atomic E-state index is 13.5. The zero-order valence-electron chi connectivity index (χ0n) is 14.5. The van der Waals surface area contributed by atoms with E-state index in [4.69, 9.17) is 4.74 Å². The van der Waals surface area contributed by atoms with Crippen LogP contribution in [-0.4, -0.2) is 33.2 Å². The van der Waals surface area contributed by atoms with Gasteiger partial charge in [-0.3, -0.25) is 0 Å². The summed E-state index contributed by atoms with van der Waals surface area (Å²) >= 11 is 0. The van der Waals surface area contributed by atoms with Crippen molar-refractivity contribution in [2.75, 3.05) is 32.1 Å². The molecule has 0 aliphatic carbocycles. The third-order valence-corrected chi connectivity index (χ3v) is 3.45. The van der Waals surface area contributed by atoms with Gasteiger partial charge in [0.1, 0.15) is 0 Å². The summed E-state index contributed by atoms with van der Waals surface area (Å²) < 4.78 is 57.4. The van der Waals surface area contributed by atoms with E-state index < -0.39 is 17.6 Å². The van der Waals surface area contributed by atoms with Gasteiger partial charge in [0.25, 0.3) is 5.92 Å². The van der Waals surface area contributed by atoms with E-state index in [-0.39, 0.29) is 83.1 Å². The molecule has 8 heteroatoms. The van der Waals surface area contributed by atoms with Gasteiger partial charge in [-0.15, -0.1) is 13.6 Å². The van der Waals surface area contributed by atoms with Gasteiger partial charge >= 0.3 is 51.4 Å². The molecule has 3 nitrogen and oxygen atoms in total. The quantitative estimate of drug-likeness (QED) is 0.597. The summed E-state index contributed by atoms with van der Waals surface area (Å²) in [6, 6.07) is 2.32. The molecule has 0 atom stereocenters. The van der Waals surface area contributed by atoms with E-state index in [1.807, 2.05) is 6.92 Å². The molecule has 0 spiro atoms. The largest absolute Gasteiger partial charge is 1.00 e. The first-order valence-electron chi connectivity index (χ1n) is 7.12. The van der Waals surface area contributed by atoms with Crippen LogP contribution < -0.4 is 61.0 Å². The molecule has 2 rings (SSSR count). The van der Waals surface area contributed by atoms with Crippen LogP contribution in [0.15, 0.2) is 24.4 Å². The van der Waals surface area contributed by atoms with Crippen molar-refractivity contribution in [3.8, 4) is 5.75 Å². The smallest absolute Gasteiger partial charge is 0.691 e. The Hall–Kier alpha value is -0.284. The van der Waals surface area contributed by atoms with Gasteiger partial charge in [0.2, 0.25) is 5.82 Å². The summed E-state index contributed by atoms with van der Waals surface area (Å²) in [4.78, 5) is 1.58. The Morgan fingerprint density at radius 1 is 1.25 bits per heavy atom. The van der Waals surface area contributed by atoms with Crippen molar-refractivity contribution in [3.05, 3.63) is 41.4 Å². The second kappa shape index (κ2) is 10.6. The minimum atomic E-state index is -2.68. The predicted molar refractivity (Wildman–Crippen MR) is 83.4 cm³/mol. The first-order chi connectivity index (χ1) is 10.7. The van der Waals surface area contributed by atoms with Crippen molar-refractivity contribution in [1.29, 1.82) is 0 Å². The third kappa shape index (κ3) is 6.91. The number of piperidine rings is 1. The number of rotatable bonds is 3. The van der Waals surface area contributed by atoms with E-state index in [0.29, 0.717) is 5.69 Å². The topological polar surface area (TPSA) is 26.6 Å². The fourth-order valence-electron chi connectivity index (χ4n) is 2.04. The van der Waals surface area contributed by atoms with E-state index in [9.17, 15) is 17.6 Å². The van der Waals surface area contributed by atoms with Crippen LogP contribution in [0.2, 0.25) is 0 Å². The van der Waals surface area contributed by atoms with Crippen LogP contribution in [0.3, 0.4) is 0 Å². The molecule has 0 unspecified atom stereocenters. The molecule has 1 aromatic carbocycles. The van der Waals surface area contributed by atoms with Gasteiger partial charge in [-0.1, -0.05) is 6.92 Å². The molecule has 0 N–H and O–H groups in total. The second-order valence-electron chi connectivity index (χ2n) is 5.22. The summed E-state index contributed by atoms with van der Waals surface area (Å²) in [5.74, 6) is -5.02. The zero-order chi connectivity index (χ0) is 17.6. The van der Waals surface area contributed by atoms with Crippen LogP contribution in [0.25, 0.3) is 5.32 Å². The summed E-state index contributed by atoms with van der Waals surface area (Å²) in [7, 11) is 2.95. The minimum Gasteiger partial charge on any atom is -0.691 e. The van der Waals surface area contributed by atoms with Crippen LogP contribution in [0.5, 0.6) is 5.75 Å². The Bertz CT molecular complexity index is 545. The molecular formula is C16H21F4KN2O. The molecule has 1 fully saturated rings. The summed E-state index contributed by atoms with van der Waals surface area (Å²) in [6.07, 6.45) is -0.593. The molecule has 0 radical (unpaired) electrons. The molecule has 24 heavy (non-hydrogen) atoms. The maximum Gasteiger partial charge on any atom is 1.00 e. The summed E-state index contributed by atoms with van der Waals surface area (Å²) in [6.45, 7) is 5.55. The van der Waals surface area contributed by atoms with Gasteiger partial charge < -0.3 is 15.0 Å². The van der Waals surface area contributed by atoms with Gasteiger partial charge in [-0.2, -0.15) is 10.1 Å². The Kier molecular flexibility index (Phi) is 10.5. The average molecular weight is 372 g/mol. The average Bonchev–Trinajstić information content (AvgIpc) is 2.50. The number of halogens is 4. The van der Waals surface area contributed by atoms with E-state index in [1.54, 1.807) is 11.9 Å². The fourth-order valence-corrected chi connectivity index (χ4v) is 2.04. The molecule has 1 aromatic rings. The van der Waals surface area contributed by atoms with Gasteiger partial charge in [-0.05, 0) is 12.1 Å². The van der Waals surface area contributed by atoms with Gasteiger partial charge in [0.15, 0.2) is 11.6 Å². The Labute approximate surface area is 182 Å². The van der Waals surface area contributed by atoms with E-state index in [0.717, 1.165) is 11.8 Å². The van der Waals surface area contributed by atoms with Crippen molar-refractivity contribution in [3.63, 3.8) is 0 Å². The minimum absolute atomic E-state index is 0. The second-order valence-corrected chi connectivity index (χ2v) is 5.22. The number of anilines is 1. The molecule has 1 heterocycles. The molecule has 0 saturated carbocycles. The van der Waals surface area contributed by atoms with Crippen LogP contribution in [-0.2, 0) is 0 Å². The van der Waals surface area contributed by atoms with Crippen molar-refractivity contribution < 1.29 is 73.7 Å². The van der Waals surface area contributed by atoms with Gasteiger partial charge in [-0.25, -0.2) is 13.2 Å². The molecule has 130 valence electrons. The van der Waals surface area contributed by atoms with Crippen LogP contribution >= 0.6 is 0 Å². The zero-order valence-corrected chi connectivity index (χ0v) is 17.6. The van der Waals surface area contributed by atoms with Crippen LogP contribution in [0.1, 0.15) is 19.8 Å². The molecule has 0 bridgehead atoms. The van der Waals surface area contributed by atoms with Crippen molar-refractivity contribution in [2.24, 2.45) is 0 Å². The maximum atomic E-state index is 13.5. The SMILES string of the molecule is C=C(C)[N-]C.COc1c(N2CCC(F)(F)CC2)ccc(F)c1F.[K+]. The third-order valence-electron chi connectivity index (χ3n) is 3.45. The standard InChI is InChI=1S/C12H13F4NO.C4H8N.K/c1-18-11-9(3-2-8(13)10(11)14)17-6-4-12(15,16)5-7-17;1-4(2)5-3;/h2-3H,4-7H2,1H3;1H2,2-3H3;/q;-1;+1. The molecule has 1 saturated heterocycles. The molecular weight excluding hydrogens is 351 g/mol. The number of benzene rings is 1. The monoisotopic (exact) mass is 372 g/mol. The molecule has 1 aliphatic rings. The van der Waals surface area contributed by atoms with Gasteiger partial charge in [0.05, 0.1) is 12.8 Å². The van der Waals surface area contributed by atoms with E-state index >= 15 is 0 Å². The molecule has 0 aromatic heterocycles. The van der Waals surface area contributed by atoms with Gasteiger partial charge in [0, 0.05) is 25.9 Å². The van der Waals surface area contributed by atoms with Crippen molar-refractivity contribution >= 4 is 5.69 Å². The number of hydrogen-bond acceptors (Lipinski definition) is 2. The summed E-state index contributed by atoms with van der Waals surface area (Å²) in [5.41, 5.74) is 1.19. The molecule has 1 aliphatic heterocycles. The Morgan fingerprint density at radius 3 is 2.17 bits per heavy atom. The Balaban J connectivity index is 0.000000777. The number of alkyl halides is 2. The number of allylic oxidation sites excluding steroid dienone is 1. The number of nitrogens with zero attached hydrogens (tertiary/aromatic N) is 2. The van der Waals surface area contributed by atoms with Crippen LogP contribution in [0, 0.1) is 11.6 Å². The number of hydrogen-bond donors (Lipinski definition) is 0. The van der Waals surface area contributed by atoms with Crippen LogP contribution in [0.4, 0.5) is 23.2 Å². The van der Waals surface area contributed by atoms with E-state index in [1.165, 1.54) is 13.2 Å². The van der Waals surface area contributed by atoms with Crippen molar-refractivity contribution in [1.82, 2.24) is 0 Å². The Morgan fingerprint density at radius 2 is 1.75 bits per heavy atom. The first-order valence-corrected chi connectivity index (χ1v) is 7.12. The normalized spacial score (nSPS) is 15.5. The first kappa shape index (κ1) is 23.7. The molecule has 0 amide bonds. The fraction of sp³-hybridized carbons (Fsp3) is 0.500.